The molecule has 1 aromatic heterocycles. The van der Waals surface area contributed by atoms with E-state index in [0.29, 0.717) is 22.2 Å². The third-order valence-electron chi connectivity index (χ3n) is 5.92. The quantitative estimate of drug-likeness (QED) is 0.219. The normalized spacial score (nSPS) is 11.4. The van der Waals surface area contributed by atoms with Gasteiger partial charge in [0.25, 0.3) is 0 Å². The summed E-state index contributed by atoms with van der Waals surface area (Å²) in [6.45, 7) is 1.73. The highest BCUT2D eigenvalue weighted by Crippen LogP contribution is 2.44. The van der Waals surface area contributed by atoms with Gasteiger partial charge in [-0.05, 0) is 66.6 Å². The molecular weight excluding hydrogens is 480 g/mol. The lowest BCUT2D eigenvalue weighted by atomic mass is 10.0. The number of aromatic carboxylic acids is 1. The number of azo groups is 1. The predicted molar refractivity (Wildman–Crippen MR) is 134 cm³/mol. The smallest absolute Gasteiger partial charge is 0.335 e. The zero-order chi connectivity index (χ0) is 26.3. The molecule has 5 aromatic rings. The summed E-state index contributed by atoms with van der Waals surface area (Å²) in [6.07, 6.45) is 0. The summed E-state index contributed by atoms with van der Waals surface area (Å²) in [7, 11) is 0. The second-order valence-electron chi connectivity index (χ2n) is 8.38. The van der Waals surface area contributed by atoms with Crippen molar-refractivity contribution in [2.24, 2.45) is 10.2 Å². The molecule has 0 bridgehead atoms. The van der Waals surface area contributed by atoms with Gasteiger partial charge >= 0.3 is 5.97 Å². The molecule has 184 valence electrons. The number of hydrogen-bond donors (Lipinski definition) is 3. The van der Waals surface area contributed by atoms with E-state index in [0.717, 1.165) is 6.07 Å². The second kappa shape index (κ2) is 9.19. The maximum atomic E-state index is 14.8. The van der Waals surface area contributed by atoms with Crippen molar-refractivity contribution in [3.63, 3.8) is 0 Å². The lowest BCUT2D eigenvalue weighted by Gasteiger charge is -2.09. The summed E-state index contributed by atoms with van der Waals surface area (Å²) in [5.41, 5.74) is 1.76. The van der Waals surface area contributed by atoms with Crippen molar-refractivity contribution >= 4 is 28.2 Å². The van der Waals surface area contributed by atoms with Gasteiger partial charge in [-0.3, -0.25) is 4.57 Å². The zero-order valence-electron chi connectivity index (χ0n) is 19.4. The molecule has 0 aliphatic heterocycles. The molecule has 0 amide bonds. The van der Waals surface area contributed by atoms with Gasteiger partial charge in [0.05, 0.1) is 16.8 Å². The molecule has 0 aliphatic carbocycles. The average molecular weight is 499 g/mol. The number of hydrogen-bond acceptors (Lipinski definition) is 5. The Kier molecular flexibility index (Phi) is 5.88. The van der Waals surface area contributed by atoms with Gasteiger partial charge in [0, 0.05) is 10.9 Å². The monoisotopic (exact) mass is 499 g/mol. The predicted octanol–water partition coefficient (Wildman–Crippen LogP) is 7.41. The molecule has 0 radical (unpaired) electrons. The van der Waals surface area contributed by atoms with Crippen LogP contribution in [0.3, 0.4) is 0 Å². The highest BCUT2D eigenvalue weighted by Gasteiger charge is 2.21. The fourth-order valence-corrected chi connectivity index (χ4v) is 4.14. The Morgan fingerprint density at radius 2 is 1.68 bits per heavy atom. The number of para-hydroxylation sites is 1. The molecule has 7 nitrogen and oxygen atoms in total. The fourth-order valence-electron chi connectivity index (χ4n) is 4.14. The van der Waals surface area contributed by atoms with Crippen LogP contribution in [0.5, 0.6) is 11.6 Å². The lowest BCUT2D eigenvalue weighted by molar-refractivity contribution is 0.0697. The minimum Gasteiger partial charge on any atom is -0.505 e. The van der Waals surface area contributed by atoms with Gasteiger partial charge in [-0.25, -0.2) is 13.6 Å². The van der Waals surface area contributed by atoms with Crippen LogP contribution in [0.15, 0.2) is 89.1 Å². The van der Waals surface area contributed by atoms with Crippen LogP contribution in [0, 0.1) is 18.6 Å². The molecular formula is C28H19F2N3O4. The Bertz CT molecular complexity index is 1730. The molecule has 1 heterocycles. The maximum Gasteiger partial charge on any atom is 0.335 e. The van der Waals surface area contributed by atoms with Crippen molar-refractivity contribution < 1.29 is 28.9 Å². The van der Waals surface area contributed by atoms with Crippen LogP contribution in [-0.4, -0.2) is 25.9 Å². The van der Waals surface area contributed by atoms with Crippen molar-refractivity contribution in [1.29, 1.82) is 0 Å². The van der Waals surface area contributed by atoms with Crippen LogP contribution < -0.4 is 0 Å². The van der Waals surface area contributed by atoms with Crippen LogP contribution >= 0.6 is 0 Å². The number of phenolic OH excluding ortho intramolecular Hbond substituents is 1. The van der Waals surface area contributed by atoms with Gasteiger partial charge in [0.15, 0.2) is 11.4 Å². The number of carboxylic acids is 1. The van der Waals surface area contributed by atoms with Gasteiger partial charge in [0.2, 0.25) is 5.88 Å². The summed E-state index contributed by atoms with van der Waals surface area (Å²) in [4.78, 5) is 11.3. The van der Waals surface area contributed by atoms with Crippen molar-refractivity contribution in [3.05, 3.63) is 102 Å². The van der Waals surface area contributed by atoms with E-state index in [9.17, 15) is 28.9 Å². The van der Waals surface area contributed by atoms with E-state index in [1.54, 1.807) is 37.3 Å². The van der Waals surface area contributed by atoms with Crippen molar-refractivity contribution in [2.75, 3.05) is 0 Å². The minimum absolute atomic E-state index is 0.0245. The summed E-state index contributed by atoms with van der Waals surface area (Å²) in [6, 6.07) is 18.9. The second-order valence-corrected chi connectivity index (χ2v) is 8.38. The van der Waals surface area contributed by atoms with Gasteiger partial charge < -0.3 is 15.3 Å². The van der Waals surface area contributed by atoms with Gasteiger partial charge in [-0.2, -0.15) is 0 Å². The maximum absolute atomic E-state index is 14.8. The summed E-state index contributed by atoms with van der Waals surface area (Å²) >= 11 is 0. The highest BCUT2D eigenvalue weighted by atomic mass is 19.1. The van der Waals surface area contributed by atoms with Crippen molar-refractivity contribution in [1.82, 2.24) is 4.57 Å². The number of aryl methyl sites for hydroxylation is 1. The van der Waals surface area contributed by atoms with E-state index in [1.165, 1.54) is 47.0 Å². The Hall–Kier alpha value is -5.05. The first-order chi connectivity index (χ1) is 17.7. The molecule has 0 atom stereocenters. The molecule has 0 unspecified atom stereocenters. The van der Waals surface area contributed by atoms with Crippen molar-refractivity contribution in [2.45, 2.75) is 6.92 Å². The first kappa shape index (κ1) is 23.7. The van der Waals surface area contributed by atoms with Gasteiger partial charge in [0.1, 0.15) is 17.3 Å². The molecule has 0 fully saturated rings. The largest absolute Gasteiger partial charge is 0.505 e. The molecule has 37 heavy (non-hydrogen) atoms. The lowest BCUT2D eigenvalue weighted by Crippen LogP contribution is -1.97. The Morgan fingerprint density at radius 1 is 0.892 bits per heavy atom. The number of aromatic nitrogens is 1. The number of carboxylic acid groups (broad SMARTS) is 1. The number of carbonyl (C=O) groups is 1. The summed E-state index contributed by atoms with van der Waals surface area (Å²) in [5.74, 6) is -3.02. The van der Waals surface area contributed by atoms with Gasteiger partial charge in [-0.1, -0.05) is 30.3 Å². The SMILES string of the molecule is Cc1ccc(-n2c(O)c(N=Nc3cccc(-c4cccc(C(=O)O)c4)c3O)c3cc(F)ccc32)c(F)c1. The first-order valence-corrected chi connectivity index (χ1v) is 11.1. The fraction of sp³-hybridized carbons (Fsp3) is 0.0357. The number of benzene rings is 4. The average Bonchev–Trinajstić information content (AvgIpc) is 3.13. The number of halogens is 2. The minimum atomic E-state index is -1.11. The van der Waals surface area contributed by atoms with E-state index < -0.39 is 23.5 Å². The third kappa shape index (κ3) is 4.27. The highest BCUT2D eigenvalue weighted by molar-refractivity contribution is 5.96. The van der Waals surface area contributed by atoms with E-state index in [-0.39, 0.29) is 33.8 Å². The Morgan fingerprint density at radius 3 is 2.43 bits per heavy atom. The molecule has 0 aliphatic rings. The third-order valence-corrected chi connectivity index (χ3v) is 5.92. The Labute approximate surface area is 209 Å². The molecule has 9 heteroatoms. The van der Waals surface area contributed by atoms with Crippen LogP contribution in [-0.2, 0) is 0 Å². The molecule has 0 saturated carbocycles. The van der Waals surface area contributed by atoms with E-state index in [4.69, 9.17) is 0 Å². The number of fused-ring (bicyclic) bond motifs is 1. The topological polar surface area (TPSA) is 107 Å². The zero-order valence-corrected chi connectivity index (χ0v) is 19.4. The van der Waals surface area contributed by atoms with E-state index >= 15 is 0 Å². The molecule has 0 saturated heterocycles. The van der Waals surface area contributed by atoms with E-state index in [1.807, 2.05) is 0 Å². The summed E-state index contributed by atoms with van der Waals surface area (Å²) in [5, 5.41) is 39.5. The standard InChI is InChI=1S/C28H19F2N3O4/c1-15-8-10-24(21(30)12-15)33-23-11-9-18(29)14-20(23)25(27(33)35)32-31-22-7-3-6-19(26(22)34)16-4-2-5-17(13-16)28(36)37/h2-14,34-35H,1H3,(H,36,37). The molecule has 5 rings (SSSR count). The van der Waals surface area contributed by atoms with Crippen LogP contribution in [0.2, 0.25) is 0 Å². The number of nitrogens with zero attached hydrogens (tertiary/aromatic N) is 3. The van der Waals surface area contributed by atoms with Crippen LogP contribution in [0.25, 0.3) is 27.7 Å². The molecule has 4 aromatic carbocycles. The van der Waals surface area contributed by atoms with Crippen molar-refractivity contribution in [3.8, 4) is 28.4 Å². The van der Waals surface area contributed by atoms with Crippen LogP contribution in [0.1, 0.15) is 15.9 Å². The number of phenols is 1. The first-order valence-electron chi connectivity index (χ1n) is 11.1. The Balaban J connectivity index is 1.63. The molecule has 0 spiro atoms. The number of aromatic hydroxyl groups is 2. The van der Waals surface area contributed by atoms with Gasteiger partial charge in [-0.15, -0.1) is 10.2 Å². The number of rotatable bonds is 5. The molecule has 3 N–H and O–H groups in total. The van der Waals surface area contributed by atoms with E-state index in [2.05, 4.69) is 10.2 Å². The van der Waals surface area contributed by atoms with Crippen LogP contribution in [0.4, 0.5) is 20.2 Å². The summed E-state index contributed by atoms with van der Waals surface area (Å²) < 4.78 is 30.1.